The van der Waals surface area contributed by atoms with Crippen molar-refractivity contribution in [1.82, 2.24) is 4.90 Å². The summed E-state index contributed by atoms with van der Waals surface area (Å²) in [5, 5.41) is 0. The molecule has 0 unspecified atom stereocenters. The number of ether oxygens (including phenoxy) is 1. The first-order valence-corrected chi connectivity index (χ1v) is 7.94. The highest BCUT2D eigenvalue weighted by Crippen LogP contribution is 2.29. The normalized spacial score (nSPS) is 32.0. The molecule has 0 aromatic carbocycles. The third-order valence-electron chi connectivity index (χ3n) is 5.22. The smallest absolute Gasteiger partial charge is 0.0571 e. The van der Waals surface area contributed by atoms with Crippen molar-refractivity contribution in [3.05, 3.63) is 0 Å². The summed E-state index contributed by atoms with van der Waals surface area (Å²) in [6, 6.07) is 0. The fraction of sp³-hybridized carbons (Fsp3) is 1.00. The van der Waals surface area contributed by atoms with Crippen LogP contribution < -0.4 is 0 Å². The zero-order chi connectivity index (χ0) is 13.0. The van der Waals surface area contributed by atoms with Gasteiger partial charge in [-0.1, -0.05) is 13.8 Å². The number of rotatable bonds is 4. The molecule has 1 aliphatic carbocycles. The maximum atomic E-state index is 5.46. The molecule has 1 heterocycles. The zero-order valence-corrected chi connectivity index (χ0v) is 12.5. The van der Waals surface area contributed by atoms with Gasteiger partial charge >= 0.3 is 0 Å². The highest BCUT2D eigenvalue weighted by molar-refractivity contribution is 4.79. The summed E-state index contributed by atoms with van der Waals surface area (Å²) in [6.07, 6.45) is 8.71. The molecule has 0 N–H and O–H groups in total. The van der Waals surface area contributed by atoms with Gasteiger partial charge in [0.1, 0.15) is 0 Å². The first-order chi connectivity index (χ1) is 8.69. The summed E-state index contributed by atoms with van der Waals surface area (Å²) < 4.78 is 5.46. The topological polar surface area (TPSA) is 12.5 Å². The van der Waals surface area contributed by atoms with Crippen molar-refractivity contribution in [3.8, 4) is 0 Å². The molecular formula is C16H31NO. The molecule has 0 aromatic heterocycles. The van der Waals surface area contributed by atoms with E-state index in [-0.39, 0.29) is 0 Å². The van der Waals surface area contributed by atoms with Crippen LogP contribution in [0.1, 0.15) is 52.4 Å². The van der Waals surface area contributed by atoms with Gasteiger partial charge in [-0.15, -0.1) is 0 Å². The van der Waals surface area contributed by atoms with Crippen LogP contribution in [0.3, 0.4) is 0 Å². The van der Waals surface area contributed by atoms with Gasteiger partial charge in [-0.05, 0) is 69.4 Å². The quantitative estimate of drug-likeness (QED) is 0.759. The van der Waals surface area contributed by atoms with Gasteiger partial charge in [0, 0.05) is 13.7 Å². The minimum Gasteiger partial charge on any atom is -0.381 e. The number of methoxy groups -OCH3 is 1. The zero-order valence-electron chi connectivity index (χ0n) is 12.5. The second kappa shape index (κ2) is 6.91. The van der Waals surface area contributed by atoms with E-state index in [0.29, 0.717) is 6.10 Å². The van der Waals surface area contributed by atoms with Crippen LogP contribution in [0.25, 0.3) is 0 Å². The summed E-state index contributed by atoms with van der Waals surface area (Å²) in [5.74, 6) is 2.79. The fourth-order valence-electron chi connectivity index (χ4n) is 3.72. The Bertz CT molecular complexity index is 225. The minimum atomic E-state index is 0.549. The van der Waals surface area contributed by atoms with Gasteiger partial charge in [-0.3, -0.25) is 0 Å². The molecule has 18 heavy (non-hydrogen) atoms. The highest BCUT2D eigenvalue weighted by Gasteiger charge is 2.26. The maximum absolute atomic E-state index is 5.46. The Hall–Kier alpha value is -0.0800. The average Bonchev–Trinajstić information content (AvgIpc) is 2.40. The molecule has 0 spiro atoms. The maximum Gasteiger partial charge on any atom is 0.0571 e. The molecule has 0 radical (unpaired) electrons. The lowest BCUT2D eigenvalue weighted by atomic mass is 9.84. The van der Waals surface area contributed by atoms with E-state index in [0.717, 1.165) is 17.8 Å². The first-order valence-electron chi connectivity index (χ1n) is 7.94. The van der Waals surface area contributed by atoms with E-state index < -0.39 is 0 Å². The van der Waals surface area contributed by atoms with Crippen LogP contribution in [-0.4, -0.2) is 37.7 Å². The molecule has 2 fully saturated rings. The molecule has 0 aromatic rings. The second-order valence-corrected chi connectivity index (χ2v) is 6.76. The summed E-state index contributed by atoms with van der Waals surface area (Å²) in [4.78, 5) is 2.72. The van der Waals surface area contributed by atoms with Crippen LogP contribution >= 0.6 is 0 Å². The number of hydrogen-bond acceptors (Lipinski definition) is 2. The van der Waals surface area contributed by atoms with Crippen molar-refractivity contribution >= 4 is 0 Å². The van der Waals surface area contributed by atoms with Crippen molar-refractivity contribution in [1.29, 1.82) is 0 Å². The van der Waals surface area contributed by atoms with E-state index in [9.17, 15) is 0 Å². The fourth-order valence-corrected chi connectivity index (χ4v) is 3.72. The van der Waals surface area contributed by atoms with Gasteiger partial charge in [0.25, 0.3) is 0 Å². The Morgan fingerprint density at radius 3 is 2.11 bits per heavy atom. The van der Waals surface area contributed by atoms with Gasteiger partial charge in [-0.25, -0.2) is 0 Å². The van der Waals surface area contributed by atoms with Gasteiger partial charge < -0.3 is 9.64 Å². The summed E-state index contributed by atoms with van der Waals surface area (Å²) in [5.41, 5.74) is 0. The van der Waals surface area contributed by atoms with E-state index in [1.54, 1.807) is 0 Å². The molecule has 2 nitrogen and oxygen atoms in total. The minimum absolute atomic E-state index is 0.549. The van der Waals surface area contributed by atoms with Gasteiger partial charge in [0.2, 0.25) is 0 Å². The Balaban J connectivity index is 1.66. The molecule has 1 saturated heterocycles. The van der Waals surface area contributed by atoms with Crippen LogP contribution in [0.4, 0.5) is 0 Å². The number of likely N-dealkylation sites (tertiary alicyclic amines) is 1. The third kappa shape index (κ3) is 3.96. The van der Waals surface area contributed by atoms with Crippen molar-refractivity contribution in [3.63, 3.8) is 0 Å². The molecule has 0 amide bonds. The third-order valence-corrected chi connectivity index (χ3v) is 5.22. The van der Waals surface area contributed by atoms with Gasteiger partial charge in [-0.2, -0.15) is 0 Å². The first kappa shape index (κ1) is 14.3. The lowest BCUT2D eigenvalue weighted by Gasteiger charge is -2.37. The Labute approximate surface area is 113 Å². The SMILES string of the molecule is COC1CCC(CN2CCC(C(C)C)CC2)CC1. The largest absolute Gasteiger partial charge is 0.381 e. The van der Waals surface area contributed by atoms with Crippen molar-refractivity contribution in [2.24, 2.45) is 17.8 Å². The molecule has 0 atom stereocenters. The number of nitrogens with zero attached hydrogens (tertiary/aromatic N) is 1. The second-order valence-electron chi connectivity index (χ2n) is 6.76. The monoisotopic (exact) mass is 253 g/mol. The molecule has 2 rings (SSSR count). The Morgan fingerprint density at radius 2 is 1.61 bits per heavy atom. The van der Waals surface area contributed by atoms with E-state index >= 15 is 0 Å². The number of piperidine rings is 1. The molecular weight excluding hydrogens is 222 g/mol. The lowest BCUT2D eigenvalue weighted by molar-refractivity contribution is 0.0452. The van der Waals surface area contributed by atoms with Crippen LogP contribution in [0.5, 0.6) is 0 Å². The average molecular weight is 253 g/mol. The molecule has 0 bridgehead atoms. The van der Waals surface area contributed by atoms with Crippen LogP contribution in [0, 0.1) is 17.8 Å². The van der Waals surface area contributed by atoms with Crippen LogP contribution in [0.15, 0.2) is 0 Å². The van der Waals surface area contributed by atoms with E-state index in [1.165, 1.54) is 58.2 Å². The summed E-state index contributed by atoms with van der Waals surface area (Å²) in [7, 11) is 1.86. The molecule has 1 saturated carbocycles. The summed E-state index contributed by atoms with van der Waals surface area (Å²) >= 11 is 0. The summed E-state index contributed by atoms with van der Waals surface area (Å²) in [6.45, 7) is 8.79. The standard InChI is InChI=1S/C16H31NO/c1-13(2)15-8-10-17(11-9-15)12-14-4-6-16(18-3)7-5-14/h13-16H,4-12H2,1-3H3. The lowest BCUT2D eigenvalue weighted by Crippen LogP contribution is -2.39. The molecule has 106 valence electrons. The Morgan fingerprint density at radius 1 is 1.00 bits per heavy atom. The predicted octanol–water partition coefficient (Wildman–Crippen LogP) is 3.56. The highest BCUT2D eigenvalue weighted by atomic mass is 16.5. The molecule has 2 heteroatoms. The predicted molar refractivity (Wildman–Crippen MR) is 76.8 cm³/mol. The molecule has 2 aliphatic rings. The molecule has 1 aliphatic heterocycles. The van der Waals surface area contributed by atoms with Crippen molar-refractivity contribution < 1.29 is 4.74 Å². The number of hydrogen-bond donors (Lipinski definition) is 0. The van der Waals surface area contributed by atoms with E-state index in [1.807, 2.05) is 7.11 Å². The Kier molecular flexibility index (Phi) is 5.50. The van der Waals surface area contributed by atoms with E-state index in [2.05, 4.69) is 18.7 Å². The van der Waals surface area contributed by atoms with Gasteiger partial charge in [0.15, 0.2) is 0 Å². The van der Waals surface area contributed by atoms with Crippen molar-refractivity contribution in [2.45, 2.75) is 58.5 Å². The van der Waals surface area contributed by atoms with Crippen LogP contribution in [-0.2, 0) is 4.74 Å². The van der Waals surface area contributed by atoms with Gasteiger partial charge in [0.05, 0.1) is 6.10 Å². The van der Waals surface area contributed by atoms with Crippen molar-refractivity contribution in [2.75, 3.05) is 26.7 Å². The van der Waals surface area contributed by atoms with E-state index in [4.69, 9.17) is 4.74 Å². The van der Waals surface area contributed by atoms with Crippen LogP contribution in [0.2, 0.25) is 0 Å².